The number of rotatable bonds is 6. The van der Waals surface area contributed by atoms with E-state index in [1.54, 1.807) is 0 Å². The van der Waals surface area contributed by atoms with Crippen LogP contribution in [0.5, 0.6) is 11.5 Å². The fourth-order valence-corrected chi connectivity index (χ4v) is 2.37. The van der Waals surface area contributed by atoms with Crippen molar-refractivity contribution in [3.05, 3.63) is 59.7 Å². The fraction of sp³-hybridized carbons (Fsp3) is 0.381. The lowest BCUT2D eigenvalue weighted by atomic mass is 9.87. The van der Waals surface area contributed by atoms with Gasteiger partial charge in [0.25, 0.3) is 0 Å². The molecule has 0 aromatic heterocycles. The minimum atomic E-state index is -0.215. The van der Waals surface area contributed by atoms with Gasteiger partial charge in [-0.3, -0.25) is 4.79 Å². The summed E-state index contributed by atoms with van der Waals surface area (Å²) in [6.07, 6.45) is 1.01. The Morgan fingerprint density at radius 1 is 0.917 bits per heavy atom. The van der Waals surface area contributed by atoms with Gasteiger partial charge in [0, 0.05) is 6.42 Å². The van der Waals surface area contributed by atoms with Gasteiger partial charge in [-0.1, -0.05) is 45.0 Å². The van der Waals surface area contributed by atoms with Crippen molar-refractivity contribution in [2.45, 2.75) is 46.0 Å². The predicted octanol–water partition coefficient (Wildman–Crippen LogP) is 4.92. The standard InChI is InChI=1S/C21H26O3/c1-5-23-18-11-6-16(7-12-18)8-15-20(22)24-19-13-9-17(10-14-19)21(2,3)4/h6-7,9-14H,5,8,15H2,1-4H3. The number of hydrogen-bond donors (Lipinski definition) is 0. The molecule has 2 rings (SSSR count). The van der Waals surface area contributed by atoms with E-state index in [2.05, 4.69) is 20.8 Å². The molecular weight excluding hydrogens is 300 g/mol. The zero-order chi connectivity index (χ0) is 17.6. The van der Waals surface area contributed by atoms with Crippen molar-refractivity contribution in [1.29, 1.82) is 0 Å². The third-order valence-corrected chi connectivity index (χ3v) is 3.80. The normalized spacial score (nSPS) is 11.2. The Kier molecular flexibility index (Phi) is 6.02. The number of carbonyl (C=O) groups excluding carboxylic acids is 1. The minimum Gasteiger partial charge on any atom is -0.494 e. The van der Waals surface area contributed by atoms with E-state index in [0.29, 0.717) is 25.2 Å². The van der Waals surface area contributed by atoms with Crippen LogP contribution in [0.25, 0.3) is 0 Å². The lowest BCUT2D eigenvalue weighted by Gasteiger charge is -2.19. The molecule has 0 heterocycles. The summed E-state index contributed by atoms with van der Waals surface area (Å²) in [6, 6.07) is 15.5. The average Bonchev–Trinajstić information content (AvgIpc) is 2.54. The maximum absolute atomic E-state index is 12.0. The Labute approximate surface area is 144 Å². The van der Waals surface area contributed by atoms with Crippen molar-refractivity contribution >= 4 is 5.97 Å². The monoisotopic (exact) mass is 326 g/mol. The maximum Gasteiger partial charge on any atom is 0.311 e. The van der Waals surface area contributed by atoms with Crippen LogP contribution in [-0.4, -0.2) is 12.6 Å². The van der Waals surface area contributed by atoms with Crippen molar-refractivity contribution < 1.29 is 14.3 Å². The number of carbonyl (C=O) groups is 1. The second kappa shape index (κ2) is 8.00. The van der Waals surface area contributed by atoms with Gasteiger partial charge in [-0.2, -0.15) is 0 Å². The summed E-state index contributed by atoms with van der Waals surface area (Å²) in [6.45, 7) is 9.08. The van der Waals surface area contributed by atoms with Gasteiger partial charge in [-0.25, -0.2) is 0 Å². The Balaban J connectivity index is 1.84. The summed E-state index contributed by atoms with van der Waals surface area (Å²) < 4.78 is 10.8. The van der Waals surface area contributed by atoms with Gasteiger partial charge in [0.15, 0.2) is 0 Å². The number of aryl methyl sites for hydroxylation is 1. The molecule has 0 unspecified atom stereocenters. The minimum absolute atomic E-state index is 0.0934. The van der Waals surface area contributed by atoms with Crippen LogP contribution in [0.15, 0.2) is 48.5 Å². The van der Waals surface area contributed by atoms with Crippen LogP contribution in [0.2, 0.25) is 0 Å². The Morgan fingerprint density at radius 3 is 2.04 bits per heavy atom. The van der Waals surface area contributed by atoms with Crippen LogP contribution in [-0.2, 0) is 16.6 Å². The van der Waals surface area contributed by atoms with Crippen molar-refractivity contribution in [3.63, 3.8) is 0 Å². The van der Waals surface area contributed by atoms with E-state index in [1.165, 1.54) is 5.56 Å². The summed E-state index contributed by atoms with van der Waals surface area (Å²) in [4.78, 5) is 12.0. The second-order valence-electron chi connectivity index (χ2n) is 6.83. The van der Waals surface area contributed by atoms with Crippen LogP contribution >= 0.6 is 0 Å². The topological polar surface area (TPSA) is 35.5 Å². The summed E-state index contributed by atoms with van der Waals surface area (Å²) >= 11 is 0. The predicted molar refractivity (Wildman–Crippen MR) is 96.7 cm³/mol. The number of benzene rings is 2. The van der Waals surface area contributed by atoms with Crippen molar-refractivity contribution in [3.8, 4) is 11.5 Å². The van der Waals surface area contributed by atoms with Gasteiger partial charge in [-0.05, 0) is 54.2 Å². The second-order valence-corrected chi connectivity index (χ2v) is 6.83. The molecule has 0 N–H and O–H groups in total. The van der Waals surface area contributed by atoms with Gasteiger partial charge in [-0.15, -0.1) is 0 Å². The van der Waals surface area contributed by atoms with Crippen LogP contribution in [0.4, 0.5) is 0 Å². The molecule has 3 heteroatoms. The molecule has 3 nitrogen and oxygen atoms in total. The Morgan fingerprint density at radius 2 is 1.50 bits per heavy atom. The molecule has 24 heavy (non-hydrogen) atoms. The quantitative estimate of drug-likeness (QED) is 0.558. The molecule has 0 amide bonds. The molecule has 0 radical (unpaired) electrons. The largest absolute Gasteiger partial charge is 0.494 e. The lowest BCUT2D eigenvalue weighted by molar-refractivity contribution is -0.134. The first-order valence-electron chi connectivity index (χ1n) is 8.41. The summed E-state index contributed by atoms with van der Waals surface area (Å²) in [5.41, 5.74) is 2.41. The van der Waals surface area contributed by atoms with Crippen LogP contribution in [0.3, 0.4) is 0 Å². The van der Waals surface area contributed by atoms with E-state index >= 15 is 0 Å². The van der Waals surface area contributed by atoms with Crippen LogP contribution in [0, 0.1) is 0 Å². The highest BCUT2D eigenvalue weighted by Gasteiger charge is 2.13. The molecule has 0 aliphatic carbocycles. The van der Waals surface area contributed by atoms with Crippen molar-refractivity contribution in [2.24, 2.45) is 0 Å². The van der Waals surface area contributed by atoms with Gasteiger partial charge >= 0.3 is 5.97 Å². The molecule has 0 aliphatic heterocycles. The Bertz CT molecular complexity index is 649. The highest BCUT2D eigenvalue weighted by molar-refractivity contribution is 5.72. The third-order valence-electron chi connectivity index (χ3n) is 3.80. The average molecular weight is 326 g/mol. The molecule has 2 aromatic rings. The van der Waals surface area contributed by atoms with E-state index in [9.17, 15) is 4.79 Å². The summed E-state index contributed by atoms with van der Waals surface area (Å²) in [5.74, 6) is 1.23. The number of hydrogen-bond acceptors (Lipinski definition) is 3. The highest BCUT2D eigenvalue weighted by atomic mass is 16.5. The first-order valence-corrected chi connectivity index (χ1v) is 8.41. The number of esters is 1. The third kappa shape index (κ3) is 5.41. The first kappa shape index (κ1) is 18.1. The maximum atomic E-state index is 12.0. The first-order chi connectivity index (χ1) is 11.4. The summed E-state index contributed by atoms with van der Waals surface area (Å²) in [5, 5.41) is 0. The van der Waals surface area contributed by atoms with Crippen LogP contribution < -0.4 is 9.47 Å². The highest BCUT2D eigenvalue weighted by Crippen LogP contribution is 2.24. The SMILES string of the molecule is CCOc1ccc(CCC(=O)Oc2ccc(C(C)(C)C)cc2)cc1. The molecule has 0 atom stereocenters. The zero-order valence-electron chi connectivity index (χ0n) is 15.0. The van der Waals surface area contributed by atoms with Gasteiger partial charge in [0.05, 0.1) is 6.61 Å². The Hall–Kier alpha value is -2.29. The smallest absolute Gasteiger partial charge is 0.311 e. The molecular formula is C21H26O3. The van der Waals surface area contributed by atoms with Gasteiger partial charge in [0.2, 0.25) is 0 Å². The molecule has 0 saturated carbocycles. The lowest BCUT2D eigenvalue weighted by Crippen LogP contribution is -2.12. The van der Waals surface area contributed by atoms with E-state index in [1.807, 2.05) is 55.5 Å². The number of ether oxygens (including phenoxy) is 2. The van der Waals surface area contributed by atoms with Gasteiger partial charge in [0.1, 0.15) is 11.5 Å². The molecule has 0 saturated heterocycles. The van der Waals surface area contributed by atoms with E-state index in [4.69, 9.17) is 9.47 Å². The van der Waals surface area contributed by atoms with E-state index < -0.39 is 0 Å². The van der Waals surface area contributed by atoms with Crippen molar-refractivity contribution in [1.82, 2.24) is 0 Å². The van der Waals surface area contributed by atoms with Gasteiger partial charge < -0.3 is 9.47 Å². The molecule has 128 valence electrons. The molecule has 0 spiro atoms. The summed E-state index contributed by atoms with van der Waals surface area (Å²) in [7, 11) is 0. The van der Waals surface area contributed by atoms with Crippen LogP contribution in [0.1, 0.15) is 45.2 Å². The van der Waals surface area contributed by atoms with Crippen molar-refractivity contribution in [2.75, 3.05) is 6.61 Å². The van der Waals surface area contributed by atoms with E-state index in [0.717, 1.165) is 11.3 Å². The fourth-order valence-electron chi connectivity index (χ4n) is 2.37. The zero-order valence-corrected chi connectivity index (χ0v) is 15.0. The molecule has 0 fully saturated rings. The van der Waals surface area contributed by atoms with E-state index in [-0.39, 0.29) is 11.4 Å². The molecule has 2 aromatic carbocycles. The molecule has 0 bridgehead atoms. The molecule has 0 aliphatic rings.